The summed E-state index contributed by atoms with van der Waals surface area (Å²) < 4.78 is 5.16. The summed E-state index contributed by atoms with van der Waals surface area (Å²) in [6.07, 6.45) is 1.94. The van der Waals surface area contributed by atoms with Gasteiger partial charge in [0.1, 0.15) is 0 Å². The Hall–Kier alpha value is -1.05. The van der Waals surface area contributed by atoms with Crippen molar-refractivity contribution in [2.75, 3.05) is 7.11 Å². The van der Waals surface area contributed by atoms with Gasteiger partial charge < -0.3 is 4.74 Å². The molecule has 0 N–H and O–H groups in total. The van der Waals surface area contributed by atoms with Crippen LogP contribution in [0.2, 0.25) is 0 Å². The number of methoxy groups -OCH3 is 1. The van der Waals surface area contributed by atoms with Crippen LogP contribution in [-0.2, 0) is 5.41 Å². The molecule has 1 aromatic heterocycles. The van der Waals surface area contributed by atoms with Crippen molar-refractivity contribution in [3.05, 3.63) is 23.4 Å². The number of pyridine rings is 1. The Morgan fingerprint density at radius 1 is 1.27 bits per heavy atom. The van der Waals surface area contributed by atoms with Crippen molar-refractivity contribution in [3.8, 4) is 5.88 Å². The molecule has 15 heavy (non-hydrogen) atoms. The quantitative estimate of drug-likeness (QED) is 0.740. The van der Waals surface area contributed by atoms with Crippen LogP contribution in [-0.4, -0.2) is 12.1 Å². The van der Waals surface area contributed by atoms with E-state index in [0.717, 1.165) is 0 Å². The molecule has 0 amide bonds. The van der Waals surface area contributed by atoms with E-state index in [9.17, 15) is 0 Å². The molecule has 0 radical (unpaired) electrons. The zero-order valence-corrected chi connectivity index (χ0v) is 10.6. The van der Waals surface area contributed by atoms with Gasteiger partial charge in [-0.05, 0) is 22.5 Å². The lowest BCUT2D eigenvalue weighted by atomic mass is 9.82. The Morgan fingerprint density at radius 2 is 1.87 bits per heavy atom. The van der Waals surface area contributed by atoms with Gasteiger partial charge in [-0.1, -0.05) is 34.6 Å². The van der Waals surface area contributed by atoms with Gasteiger partial charge >= 0.3 is 0 Å². The van der Waals surface area contributed by atoms with Crippen molar-refractivity contribution < 1.29 is 4.74 Å². The van der Waals surface area contributed by atoms with Crippen LogP contribution in [0.4, 0.5) is 0 Å². The van der Waals surface area contributed by atoms with E-state index >= 15 is 0 Å². The molecule has 1 aromatic rings. The number of ether oxygens (including phenoxy) is 1. The molecular formula is C13H21NO. The Labute approximate surface area is 92.7 Å². The lowest BCUT2D eigenvalue weighted by molar-refractivity contribution is 0.395. The van der Waals surface area contributed by atoms with Gasteiger partial charge in [-0.25, -0.2) is 4.98 Å². The van der Waals surface area contributed by atoms with Gasteiger partial charge in [-0.3, -0.25) is 0 Å². The number of aromatic nitrogens is 1. The first-order valence-electron chi connectivity index (χ1n) is 5.40. The summed E-state index contributed by atoms with van der Waals surface area (Å²) >= 11 is 0. The highest BCUT2D eigenvalue weighted by Gasteiger charge is 2.20. The highest BCUT2D eigenvalue weighted by molar-refractivity contribution is 5.36. The van der Waals surface area contributed by atoms with Crippen molar-refractivity contribution in [2.24, 2.45) is 0 Å². The minimum absolute atomic E-state index is 0.138. The summed E-state index contributed by atoms with van der Waals surface area (Å²) in [5.74, 6) is 1.20. The predicted octanol–water partition coefficient (Wildman–Crippen LogP) is 3.51. The molecule has 0 fully saturated rings. The predicted molar refractivity (Wildman–Crippen MR) is 63.6 cm³/mol. The van der Waals surface area contributed by atoms with Crippen LogP contribution in [0.5, 0.6) is 5.88 Å². The van der Waals surface area contributed by atoms with Gasteiger partial charge in [0.15, 0.2) is 0 Å². The standard InChI is InChI=1S/C13H21NO/c1-9(2)10-7-12(15-6)14-8-11(10)13(3,4)5/h7-9H,1-6H3. The van der Waals surface area contributed by atoms with Crippen molar-refractivity contribution in [1.82, 2.24) is 4.98 Å². The highest BCUT2D eigenvalue weighted by atomic mass is 16.5. The molecule has 0 spiro atoms. The summed E-state index contributed by atoms with van der Waals surface area (Å²) in [7, 11) is 1.66. The lowest BCUT2D eigenvalue weighted by Gasteiger charge is -2.24. The summed E-state index contributed by atoms with van der Waals surface area (Å²) in [6, 6.07) is 2.05. The molecule has 0 atom stereocenters. The van der Waals surface area contributed by atoms with Crippen LogP contribution >= 0.6 is 0 Å². The van der Waals surface area contributed by atoms with E-state index in [1.165, 1.54) is 11.1 Å². The molecule has 0 aliphatic carbocycles. The van der Waals surface area contributed by atoms with Gasteiger partial charge in [-0.2, -0.15) is 0 Å². The molecule has 0 saturated carbocycles. The second kappa shape index (κ2) is 4.21. The van der Waals surface area contributed by atoms with E-state index < -0.39 is 0 Å². The van der Waals surface area contributed by atoms with Crippen LogP contribution in [0.15, 0.2) is 12.3 Å². The molecule has 0 unspecified atom stereocenters. The van der Waals surface area contributed by atoms with Crippen molar-refractivity contribution >= 4 is 0 Å². The molecule has 1 heterocycles. The molecule has 2 heteroatoms. The maximum atomic E-state index is 5.16. The van der Waals surface area contributed by atoms with Gasteiger partial charge in [0.05, 0.1) is 7.11 Å². The number of rotatable bonds is 2. The maximum absolute atomic E-state index is 5.16. The average molecular weight is 207 g/mol. The first kappa shape index (κ1) is 12.0. The number of hydrogen-bond donors (Lipinski definition) is 0. The molecule has 84 valence electrons. The first-order chi connectivity index (χ1) is 6.86. The van der Waals surface area contributed by atoms with Gasteiger partial charge in [0.2, 0.25) is 5.88 Å². The topological polar surface area (TPSA) is 22.1 Å². The monoisotopic (exact) mass is 207 g/mol. The smallest absolute Gasteiger partial charge is 0.213 e. The van der Waals surface area contributed by atoms with E-state index in [1.807, 2.05) is 12.3 Å². The summed E-state index contributed by atoms with van der Waals surface area (Å²) in [6.45, 7) is 11.0. The zero-order chi connectivity index (χ0) is 11.6. The van der Waals surface area contributed by atoms with Crippen LogP contribution in [0, 0.1) is 0 Å². The molecule has 0 aliphatic heterocycles. The third-order valence-electron chi connectivity index (χ3n) is 2.55. The van der Waals surface area contributed by atoms with Crippen LogP contribution in [0.25, 0.3) is 0 Å². The van der Waals surface area contributed by atoms with E-state index in [0.29, 0.717) is 11.8 Å². The third-order valence-corrected chi connectivity index (χ3v) is 2.55. The summed E-state index contributed by atoms with van der Waals surface area (Å²) in [5.41, 5.74) is 2.77. The molecule has 1 rings (SSSR count). The minimum atomic E-state index is 0.138. The van der Waals surface area contributed by atoms with Crippen LogP contribution < -0.4 is 4.74 Å². The Morgan fingerprint density at radius 3 is 2.27 bits per heavy atom. The third kappa shape index (κ3) is 2.71. The molecule has 2 nitrogen and oxygen atoms in total. The molecule has 0 aromatic carbocycles. The Bertz CT molecular complexity index is 337. The fraction of sp³-hybridized carbons (Fsp3) is 0.615. The summed E-state index contributed by atoms with van der Waals surface area (Å²) in [5, 5.41) is 0. The van der Waals surface area contributed by atoms with Crippen molar-refractivity contribution in [1.29, 1.82) is 0 Å². The second-order valence-corrected chi connectivity index (χ2v) is 5.22. The largest absolute Gasteiger partial charge is 0.481 e. The molecule has 0 aliphatic rings. The van der Waals surface area contributed by atoms with E-state index in [1.54, 1.807) is 7.11 Å². The first-order valence-corrected chi connectivity index (χ1v) is 5.40. The van der Waals surface area contributed by atoms with E-state index in [2.05, 4.69) is 39.6 Å². The lowest BCUT2D eigenvalue weighted by Crippen LogP contribution is -2.15. The Kier molecular flexibility index (Phi) is 3.38. The molecule has 0 saturated heterocycles. The molecule has 0 bridgehead atoms. The normalized spacial score (nSPS) is 11.9. The van der Waals surface area contributed by atoms with Gasteiger partial charge in [-0.15, -0.1) is 0 Å². The van der Waals surface area contributed by atoms with Crippen LogP contribution in [0.3, 0.4) is 0 Å². The van der Waals surface area contributed by atoms with E-state index in [-0.39, 0.29) is 5.41 Å². The van der Waals surface area contributed by atoms with E-state index in [4.69, 9.17) is 4.74 Å². The van der Waals surface area contributed by atoms with Crippen molar-refractivity contribution in [2.45, 2.75) is 46.0 Å². The average Bonchev–Trinajstić information content (AvgIpc) is 2.15. The maximum Gasteiger partial charge on any atom is 0.213 e. The van der Waals surface area contributed by atoms with Gasteiger partial charge in [0, 0.05) is 12.3 Å². The zero-order valence-electron chi connectivity index (χ0n) is 10.6. The van der Waals surface area contributed by atoms with Crippen molar-refractivity contribution in [3.63, 3.8) is 0 Å². The highest BCUT2D eigenvalue weighted by Crippen LogP contribution is 2.31. The fourth-order valence-electron chi connectivity index (χ4n) is 1.67. The Balaban J connectivity index is 3.28. The number of hydrogen-bond acceptors (Lipinski definition) is 2. The summed E-state index contributed by atoms with van der Waals surface area (Å²) in [4.78, 5) is 4.28. The fourth-order valence-corrected chi connectivity index (χ4v) is 1.67. The second-order valence-electron chi connectivity index (χ2n) is 5.22. The minimum Gasteiger partial charge on any atom is -0.481 e. The molecular weight excluding hydrogens is 186 g/mol. The SMILES string of the molecule is COc1cc(C(C)C)c(C(C)(C)C)cn1. The van der Waals surface area contributed by atoms with Crippen LogP contribution in [0.1, 0.15) is 51.7 Å². The van der Waals surface area contributed by atoms with Gasteiger partial charge in [0.25, 0.3) is 0 Å². The number of nitrogens with zero attached hydrogens (tertiary/aromatic N) is 1.